The van der Waals surface area contributed by atoms with Crippen molar-refractivity contribution in [2.45, 2.75) is 45.2 Å². The van der Waals surface area contributed by atoms with Gasteiger partial charge in [-0.3, -0.25) is 9.48 Å². The van der Waals surface area contributed by atoms with Gasteiger partial charge in [-0.2, -0.15) is 0 Å². The number of allylic oxidation sites excluding steroid dienone is 1. The summed E-state index contributed by atoms with van der Waals surface area (Å²) >= 11 is 0. The molecule has 0 spiro atoms. The van der Waals surface area contributed by atoms with Crippen LogP contribution in [0.2, 0.25) is 0 Å². The zero-order chi connectivity index (χ0) is 25.2. The molecule has 0 fully saturated rings. The first-order chi connectivity index (χ1) is 17.5. The predicted molar refractivity (Wildman–Crippen MR) is 135 cm³/mol. The Morgan fingerprint density at radius 1 is 1.06 bits per heavy atom. The molecule has 1 aliphatic rings. The van der Waals surface area contributed by atoms with E-state index in [4.69, 9.17) is 4.74 Å². The topological polar surface area (TPSA) is 108 Å². The Hall–Kier alpha value is -4.27. The number of hydrogen-bond acceptors (Lipinski definition) is 6. The molecule has 0 saturated heterocycles. The number of esters is 1. The number of hydrogen-bond donors (Lipinski definition) is 1. The third-order valence-corrected chi connectivity index (χ3v) is 6.65. The van der Waals surface area contributed by atoms with Crippen molar-refractivity contribution in [2.24, 2.45) is 0 Å². The molecule has 5 rings (SSSR count). The highest BCUT2D eigenvalue weighted by Crippen LogP contribution is 2.31. The highest BCUT2D eigenvalue weighted by Gasteiger charge is 2.32. The molecular formula is C27H28N6O3. The Balaban J connectivity index is 1.51. The van der Waals surface area contributed by atoms with E-state index in [0.717, 1.165) is 39.9 Å². The van der Waals surface area contributed by atoms with Crippen LogP contribution in [0, 0.1) is 0 Å². The fraction of sp³-hybridized carbons (Fsp3) is 0.296. The summed E-state index contributed by atoms with van der Waals surface area (Å²) in [5, 5.41) is 14.3. The third-order valence-electron chi connectivity index (χ3n) is 6.65. The van der Waals surface area contributed by atoms with Crippen molar-refractivity contribution < 1.29 is 9.53 Å². The molecule has 0 aliphatic carbocycles. The van der Waals surface area contributed by atoms with Gasteiger partial charge in [0.15, 0.2) is 11.9 Å². The van der Waals surface area contributed by atoms with Crippen LogP contribution >= 0.6 is 0 Å². The molecule has 0 radical (unpaired) electrons. The molecule has 0 bridgehead atoms. The minimum atomic E-state index is -0.640. The molecule has 4 aromatic rings. The first-order valence-corrected chi connectivity index (χ1v) is 12.1. The standard InChI is InChI=1S/C27H28N6O3/c1-4-7-23-22(26(34)32-17(2)10-15-24(33(23)32)27(35)36-3)16-18-11-13-19(14-12-18)20-8-5-6-9-21(20)25-28-30-31-29-25/h5-6,8-15,17,24H,4,7,16H2,1-3H3,(H,28,29,30,31). The number of H-pyrrole nitrogens is 1. The lowest BCUT2D eigenvalue weighted by atomic mass is 9.96. The summed E-state index contributed by atoms with van der Waals surface area (Å²) in [7, 11) is 1.37. The Morgan fingerprint density at radius 2 is 1.81 bits per heavy atom. The average molecular weight is 485 g/mol. The smallest absolute Gasteiger partial charge is 0.334 e. The van der Waals surface area contributed by atoms with Crippen LogP contribution in [0.15, 0.2) is 65.5 Å². The minimum Gasteiger partial charge on any atom is -0.467 e. The van der Waals surface area contributed by atoms with Crippen molar-refractivity contribution in [3.05, 3.63) is 87.9 Å². The number of aromatic nitrogens is 6. The normalized spacial score (nSPS) is 16.6. The molecule has 2 aromatic carbocycles. The number of benzene rings is 2. The second-order valence-electron chi connectivity index (χ2n) is 8.93. The van der Waals surface area contributed by atoms with Gasteiger partial charge >= 0.3 is 5.97 Å². The van der Waals surface area contributed by atoms with Crippen molar-refractivity contribution in [3.8, 4) is 22.5 Å². The zero-order valence-electron chi connectivity index (χ0n) is 20.5. The molecule has 2 aromatic heterocycles. The number of methoxy groups -OCH3 is 1. The van der Waals surface area contributed by atoms with Gasteiger partial charge in [0.2, 0.25) is 0 Å². The third kappa shape index (κ3) is 4.06. The quantitative estimate of drug-likeness (QED) is 0.315. The van der Waals surface area contributed by atoms with Crippen molar-refractivity contribution in [1.29, 1.82) is 0 Å². The second-order valence-corrected chi connectivity index (χ2v) is 8.93. The van der Waals surface area contributed by atoms with Crippen molar-refractivity contribution in [1.82, 2.24) is 30.0 Å². The lowest BCUT2D eigenvalue weighted by molar-refractivity contribution is -0.143. The van der Waals surface area contributed by atoms with E-state index in [0.29, 0.717) is 18.7 Å². The van der Waals surface area contributed by atoms with Crippen LogP contribution in [0.3, 0.4) is 0 Å². The van der Waals surface area contributed by atoms with Crippen LogP contribution in [0.5, 0.6) is 0 Å². The lowest BCUT2D eigenvalue weighted by Crippen LogP contribution is -2.35. The highest BCUT2D eigenvalue weighted by molar-refractivity contribution is 5.80. The number of nitrogens with one attached hydrogen (secondary N) is 1. The SMILES string of the molecule is CCCc1c(Cc2ccc(-c3ccccc3-c3nnn[nH]3)cc2)c(=O)n2n1C(C(=O)OC)C=CC2C. The number of carbonyl (C=O) groups is 1. The van der Waals surface area contributed by atoms with Crippen LogP contribution in [0.1, 0.15) is 49.2 Å². The van der Waals surface area contributed by atoms with Crippen LogP contribution in [-0.4, -0.2) is 43.1 Å². The maximum atomic E-state index is 13.6. The number of ether oxygens (including phenoxy) is 1. The van der Waals surface area contributed by atoms with E-state index in [-0.39, 0.29) is 17.6 Å². The summed E-state index contributed by atoms with van der Waals surface area (Å²) in [5.74, 6) is 0.227. The minimum absolute atomic E-state index is 0.0588. The molecule has 0 saturated carbocycles. The van der Waals surface area contributed by atoms with Gasteiger partial charge in [-0.25, -0.2) is 14.6 Å². The molecule has 1 N–H and O–H groups in total. The van der Waals surface area contributed by atoms with Gasteiger partial charge in [0, 0.05) is 23.2 Å². The summed E-state index contributed by atoms with van der Waals surface area (Å²) < 4.78 is 8.57. The first kappa shape index (κ1) is 23.5. The summed E-state index contributed by atoms with van der Waals surface area (Å²) in [6, 6.07) is 15.3. The van der Waals surface area contributed by atoms with Gasteiger partial charge in [0.25, 0.3) is 5.56 Å². The van der Waals surface area contributed by atoms with E-state index in [1.54, 1.807) is 4.68 Å². The number of tetrazole rings is 1. The second kappa shape index (κ2) is 9.77. The largest absolute Gasteiger partial charge is 0.467 e. The molecule has 2 atom stereocenters. The van der Waals surface area contributed by atoms with E-state index in [1.807, 2.05) is 72.3 Å². The van der Waals surface area contributed by atoms with Crippen molar-refractivity contribution in [3.63, 3.8) is 0 Å². The van der Waals surface area contributed by atoms with Crippen molar-refractivity contribution >= 4 is 5.97 Å². The monoisotopic (exact) mass is 484 g/mol. The zero-order valence-corrected chi connectivity index (χ0v) is 20.5. The Morgan fingerprint density at radius 3 is 2.47 bits per heavy atom. The first-order valence-electron chi connectivity index (χ1n) is 12.1. The maximum absolute atomic E-state index is 13.6. The number of carbonyl (C=O) groups excluding carboxylic acids is 1. The molecule has 9 nitrogen and oxygen atoms in total. The van der Waals surface area contributed by atoms with Gasteiger partial charge in [-0.05, 0) is 40.5 Å². The number of aromatic amines is 1. The van der Waals surface area contributed by atoms with Gasteiger partial charge in [-0.15, -0.1) is 5.10 Å². The molecule has 1 aliphatic heterocycles. The van der Waals surface area contributed by atoms with Crippen LogP contribution in [0.25, 0.3) is 22.5 Å². The summed E-state index contributed by atoms with van der Waals surface area (Å²) in [6.45, 7) is 4.03. The Bertz CT molecular complexity index is 1460. The van der Waals surface area contributed by atoms with Crippen molar-refractivity contribution in [2.75, 3.05) is 7.11 Å². The van der Waals surface area contributed by atoms with E-state index in [2.05, 4.69) is 27.5 Å². The molecule has 184 valence electrons. The molecular weight excluding hydrogens is 456 g/mol. The molecule has 2 unspecified atom stereocenters. The van der Waals surface area contributed by atoms with Gasteiger partial charge < -0.3 is 4.74 Å². The fourth-order valence-corrected chi connectivity index (χ4v) is 4.94. The van der Waals surface area contributed by atoms with Gasteiger partial charge in [0.1, 0.15) is 0 Å². The van der Waals surface area contributed by atoms with E-state index >= 15 is 0 Å². The molecule has 3 heterocycles. The molecule has 0 amide bonds. The molecule has 9 heteroatoms. The maximum Gasteiger partial charge on any atom is 0.334 e. The van der Waals surface area contributed by atoms with Crippen LogP contribution in [0.4, 0.5) is 0 Å². The Kier molecular flexibility index (Phi) is 6.37. The fourth-order valence-electron chi connectivity index (χ4n) is 4.94. The van der Waals surface area contributed by atoms with Gasteiger partial charge in [-0.1, -0.05) is 74.0 Å². The summed E-state index contributed by atoms with van der Waals surface area (Å²) in [5.41, 5.74) is 5.52. The number of rotatable bonds is 7. The number of nitrogens with zero attached hydrogens (tertiary/aromatic N) is 5. The number of fused-ring (bicyclic) bond motifs is 1. The average Bonchev–Trinajstić information content (AvgIpc) is 3.53. The predicted octanol–water partition coefficient (Wildman–Crippen LogP) is 3.89. The summed E-state index contributed by atoms with van der Waals surface area (Å²) in [6.07, 6.45) is 5.75. The Labute approximate surface area is 208 Å². The van der Waals surface area contributed by atoms with Crippen LogP contribution < -0.4 is 5.56 Å². The summed E-state index contributed by atoms with van der Waals surface area (Å²) in [4.78, 5) is 26.1. The van der Waals surface area contributed by atoms with E-state index in [9.17, 15) is 9.59 Å². The van der Waals surface area contributed by atoms with E-state index in [1.165, 1.54) is 7.11 Å². The lowest BCUT2D eigenvalue weighted by Gasteiger charge is -2.27. The highest BCUT2D eigenvalue weighted by atomic mass is 16.5. The van der Waals surface area contributed by atoms with Crippen LogP contribution in [-0.2, 0) is 22.4 Å². The van der Waals surface area contributed by atoms with Gasteiger partial charge in [0.05, 0.1) is 13.2 Å². The molecule has 36 heavy (non-hydrogen) atoms. The van der Waals surface area contributed by atoms with E-state index < -0.39 is 6.04 Å².